The van der Waals surface area contributed by atoms with Gasteiger partial charge < -0.3 is 30.1 Å². The zero-order valence-corrected chi connectivity index (χ0v) is 17.7. The molecule has 11 heteroatoms. The average molecular weight is 437 g/mol. The van der Waals surface area contributed by atoms with Gasteiger partial charge in [-0.15, -0.1) is 11.8 Å². The number of nitrogens with zero attached hydrogens (tertiary/aromatic N) is 1. The molecule has 3 rings (SSSR count). The summed E-state index contributed by atoms with van der Waals surface area (Å²) in [5.74, 6) is -2.03. The minimum absolute atomic E-state index is 0.173. The molecule has 0 aliphatic carbocycles. The highest BCUT2D eigenvalue weighted by Crippen LogP contribution is 2.50. The van der Waals surface area contributed by atoms with Crippen molar-refractivity contribution in [3.63, 3.8) is 0 Å². The van der Waals surface area contributed by atoms with Crippen LogP contribution in [0.3, 0.4) is 0 Å². The Balaban J connectivity index is 1.78. The number of rotatable bonds is 7. The third kappa shape index (κ3) is 3.64. The first-order valence-electron chi connectivity index (χ1n) is 9.13. The van der Waals surface area contributed by atoms with Crippen LogP contribution in [0.5, 0.6) is 11.5 Å². The Morgan fingerprint density at radius 1 is 1.20 bits per heavy atom. The summed E-state index contributed by atoms with van der Waals surface area (Å²) in [5, 5.41) is 13.4. The molecule has 0 spiro atoms. The Hall–Kier alpha value is -2.95. The van der Waals surface area contributed by atoms with Crippen molar-refractivity contribution in [2.45, 2.75) is 36.1 Å². The lowest BCUT2D eigenvalue weighted by molar-refractivity contribution is -0.153. The van der Waals surface area contributed by atoms with E-state index in [1.54, 1.807) is 32.0 Å². The van der Waals surface area contributed by atoms with E-state index < -0.39 is 52.4 Å². The Morgan fingerprint density at radius 3 is 2.33 bits per heavy atom. The number of carboxylic acid groups (broad SMARTS) is 1. The van der Waals surface area contributed by atoms with E-state index in [-0.39, 0.29) is 5.56 Å². The van der Waals surface area contributed by atoms with Crippen molar-refractivity contribution in [3.05, 3.63) is 23.8 Å². The van der Waals surface area contributed by atoms with Gasteiger partial charge in [-0.2, -0.15) is 0 Å². The summed E-state index contributed by atoms with van der Waals surface area (Å²) >= 11 is 1.38. The molecule has 2 saturated heterocycles. The lowest BCUT2D eigenvalue weighted by atomic mass is 9.95. The number of β-lactam (4-membered cyclic amide) rings is 1. The molecule has 3 N–H and O–H groups in total. The molecule has 1 aromatic rings. The van der Waals surface area contributed by atoms with E-state index >= 15 is 0 Å². The molecule has 2 heterocycles. The van der Waals surface area contributed by atoms with Crippen molar-refractivity contribution in [1.29, 1.82) is 0 Å². The molecule has 10 nitrogen and oxygen atoms in total. The maximum atomic E-state index is 12.9. The van der Waals surface area contributed by atoms with Gasteiger partial charge >= 0.3 is 5.97 Å². The summed E-state index contributed by atoms with van der Waals surface area (Å²) in [6.07, 6.45) is 0. The molecule has 3 amide bonds. The number of fused-ring (bicyclic) bond motifs is 1. The van der Waals surface area contributed by atoms with Gasteiger partial charge in [0.05, 0.1) is 14.2 Å². The van der Waals surface area contributed by atoms with Crippen LogP contribution in [0.25, 0.3) is 0 Å². The van der Waals surface area contributed by atoms with Crippen LogP contribution in [-0.4, -0.2) is 76.7 Å². The number of methoxy groups -OCH3 is 2. The number of hydrogen-bond acceptors (Lipinski definition) is 7. The van der Waals surface area contributed by atoms with Gasteiger partial charge in [0.15, 0.2) is 0 Å². The average Bonchev–Trinajstić information content (AvgIpc) is 2.97. The number of hydrogen-bond donors (Lipinski definition) is 3. The second-order valence-corrected chi connectivity index (χ2v) is 9.13. The number of carboxylic acids is 1. The first kappa shape index (κ1) is 21.8. The number of nitrogens with one attached hydrogen (secondary N) is 2. The first-order chi connectivity index (χ1) is 14.1. The lowest BCUT2D eigenvalue weighted by Crippen LogP contribution is -2.71. The maximum Gasteiger partial charge on any atom is 0.322 e. The van der Waals surface area contributed by atoms with Crippen LogP contribution in [0.1, 0.15) is 24.2 Å². The fourth-order valence-corrected chi connectivity index (χ4v) is 5.35. The van der Waals surface area contributed by atoms with E-state index in [0.29, 0.717) is 11.5 Å². The van der Waals surface area contributed by atoms with Gasteiger partial charge in [0.25, 0.3) is 5.91 Å². The van der Waals surface area contributed by atoms with E-state index in [1.807, 2.05) is 0 Å². The van der Waals surface area contributed by atoms with Crippen LogP contribution >= 0.6 is 11.8 Å². The van der Waals surface area contributed by atoms with Crippen LogP contribution in [-0.2, 0) is 14.4 Å². The number of carbonyl (C=O) groups excluding carboxylic acids is 3. The van der Waals surface area contributed by atoms with Crippen LogP contribution in [0.4, 0.5) is 0 Å². The van der Waals surface area contributed by atoms with Crippen LogP contribution in [0, 0.1) is 0 Å². The Morgan fingerprint density at radius 2 is 1.80 bits per heavy atom. The Bertz CT molecular complexity index is 882. The summed E-state index contributed by atoms with van der Waals surface area (Å²) in [6, 6.07) is 3.24. The molecule has 0 bridgehead atoms. The standard InChI is InChI=1S/C19H23N3O7S/c1-19(2)14(16(26)20-8-11(23)24)22-17(27)13(18(22)30-19)21-15(25)12-9(28-3)6-5-7-10(12)29-4/h5-7,13-14,18H,8H2,1-4H3,(H,20,26)(H,21,25)(H,23,24)/t13-,14+,18-/m1/s1. The molecule has 1 aromatic carbocycles. The van der Waals surface area contributed by atoms with E-state index in [4.69, 9.17) is 14.6 Å². The monoisotopic (exact) mass is 437 g/mol. The number of carbonyl (C=O) groups is 4. The highest BCUT2D eigenvalue weighted by molar-refractivity contribution is 8.01. The van der Waals surface area contributed by atoms with Crippen molar-refractivity contribution in [3.8, 4) is 11.5 Å². The fourth-order valence-electron chi connectivity index (χ4n) is 3.72. The minimum atomic E-state index is -1.17. The summed E-state index contributed by atoms with van der Waals surface area (Å²) in [6.45, 7) is 3.07. The molecule has 0 aromatic heterocycles. The van der Waals surface area contributed by atoms with Gasteiger partial charge in [-0.3, -0.25) is 19.2 Å². The summed E-state index contributed by atoms with van der Waals surface area (Å²) in [4.78, 5) is 50.4. The van der Waals surface area contributed by atoms with Gasteiger partial charge in [-0.25, -0.2) is 0 Å². The van der Waals surface area contributed by atoms with Gasteiger partial charge in [0, 0.05) is 4.75 Å². The molecule has 0 radical (unpaired) electrons. The predicted octanol–water partition coefficient (Wildman–Crippen LogP) is 0.0653. The molecule has 0 saturated carbocycles. The van der Waals surface area contributed by atoms with E-state index in [0.717, 1.165) is 0 Å². The van der Waals surface area contributed by atoms with Crippen LogP contribution in [0.15, 0.2) is 18.2 Å². The second-order valence-electron chi connectivity index (χ2n) is 7.36. The van der Waals surface area contributed by atoms with Crippen molar-refractivity contribution >= 4 is 35.5 Å². The molecule has 0 unspecified atom stereocenters. The number of benzene rings is 1. The SMILES string of the molecule is COc1cccc(OC)c1C(=O)N[C@@H]1C(=O)N2[C@@H]1SC(C)(C)[C@@H]2C(=O)NCC(=O)O. The van der Waals surface area contributed by atoms with Crippen LogP contribution in [0.2, 0.25) is 0 Å². The molecule has 2 aliphatic rings. The highest BCUT2D eigenvalue weighted by atomic mass is 32.2. The van der Waals surface area contributed by atoms with E-state index in [1.165, 1.54) is 30.9 Å². The quantitative estimate of drug-likeness (QED) is 0.510. The Labute approximate surface area is 177 Å². The molecular formula is C19H23N3O7S. The zero-order chi connectivity index (χ0) is 22.2. The molecule has 3 atom stereocenters. The fraction of sp³-hybridized carbons (Fsp3) is 0.474. The van der Waals surface area contributed by atoms with E-state index in [2.05, 4.69) is 10.6 Å². The number of amides is 3. The number of ether oxygens (including phenoxy) is 2. The minimum Gasteiger partial charge on any atom is -0.496 e. The van der Waals surface area contributed by atoms with Gasteiger partial charge in [-0.05, 0) is 26.0 Å². The van der Waals surface area contributed by atoms with E-state index in [9.17, 15) is 19.2 Å². The van der Waals surface area contributed by atoms with Crippen LogP contribution < -0.4 is 20.1 Å². The van der Waals surface area contributed by atoms with Crippen molar-refractivity contribution < 1.29 is 33.8 Å². The number of aliphatic carboxylic acids is 1. The smallest absolute Gasteiger partial charge is 0.322 e. The third-order valence-electron chi connectivity index (χ3n) is 5.04. The van der Waals surface area contributed by atoms with Gasteiger partial charge in [0.1, 0.15) is 41.1 Å². The molecule has 30 heavy (non-hydrogen) atoms. The lowest BCUT2D eigenvalue weighted by Gasteiger charge is -2.44. The predicted molar refractivity (Wildman–Crippen MR) is 108 cm³/mol. The van der Waals surface area contributed by atoms with Gasteiger partial charge in [0.2, 0.25) is 11.8 Å². The van der Waals surface area contributed by atoms with Gasteiger partial charge in [-0.1, -0.05) is 6.07 Å². The first-order valence-corrected chi connectivity index (χ1v) is 10.0. The summed E-state index contributed by atoms with van der Waals surface area (Å²) < 4.78 is 9.82. The third-order valence-corrected chi connectivity index (χ3v) is 6.62. The molecule has 2 aliphatic heterocycles. The maximum absolute atomic E-state index is 12.9. The van der Waals surface area contributed by atoms with Crippen molar-refractivity contribution in [2.75, 3.05) is 20.8 Å². The Kier molecular flexibility index (Phi) is 5.84. The largest absolute Gasteiger partial charge is 0.496 e. The normalized spacial score (nSPS) is 23.8. The molecular weight excluding hydrogens is 414 g/mol. The highest BCUT2D eigenvalue weighted by Gasteiger charge is 2.64. The summed E-state index contributed by atoms with van der Waals surface area (Å²) in [5.41, 5.74) is 0.173. The zero-order valence-electron chi connectivity index (χ0n) is 16.9. The molecule has 2 fully saturated rings. The number of thioether (sulfide) groups is 1. The summed E-state index contributed by atoms with van der Waals surface area (Å²) in [7, 11) is 2.86. The molecule has 162 valence electrons. The second kappa shape index (κ2) is 8.05. The van der Waals surface area contributed by atoms with Crippen molar-refractivity contribution in [1.82, 2.24) is 15.5 Å². The van der Waals surface area contributed by atoms with Crippen molar-refractivity contribution in [2.24, 2.45) is 0 Å². The topological polar surface area (TPSA) is 134 Å².